The highest BCUT2D eigenvalue weighted by Gasteiger charge is 2.25. The summed E-state index contributed by atoms with van der Waals surface area (Å²) >= 11 is 1.50. The highest BCUT2D eigenvalue weighted by Crippen LogP contribution is 2.24. The van der Waals surface area contributed by atoms with Gasteiger partial charge in [0.15, 0.2) is 5.70 Å². The van der Waals surface area contributed by atoms with Crippen molar-refractivity contribution >= 4 is 35.2 Å². The van der Waals surface area contributed by atoms with Gasteiger partial charge >= 0.3 is 11.9 Å². The van der Waals surface area contributed by atoms with Gasteiger partial charge in [0.2, 0.25) is 5.90 Å². The Morgan fingerprint density at radius 1 is 1.26 bits per heavy atom. The number of benzene rings is 1. The fraction of sp³-hybridized carbons (Fsp3) is 0.118. The number of aliphatic imine (C=N–C) groups is 1. The van der Waals surface area contributed by atoms with Gasteiger partial charge in [-0.2, -0.15) is 0 Å². The molecule has 1 aromatic carbocycles. The first-order valence-corrected chi connectivity index (χ1v) is 7.67. The van der Waals surface area contributed by atoms with Gasteiger partial charge in [0.1, 0.15) is 0 Å². The fourth-order valence-electron chi connectivity index (χ4n) is 2.13. The molecule has 5 nitrogen and oxygen atoms in total. The van der Waals surface area contributed by atoms with E-state index in [1.54, 1.807) is 24.3 Å². The molecule has 2 aromatic rings. The molecule has 1 aliphatic rings. The first-order valence-electron chi connectivity index (χ1n) is 6.85. The predicted octanol–water partition coefficient (Wildman–Crippen LogP) is 3.19. The van der Waals surface area contributed by atoms with E-state index in [2.05, 4.69) is 4.99 Å². The number of cyclic esters (lactones) is 1. The molecule has 2 heterocycles. The molecule has 0 amide bonds. The highest BCUT2D eigenvalue weighted by atomic mass is 32.1. The zero-order chi connectivity index (χ0) is 16.4. The summed E-state index contributed by atoms with van der Waals surface area (Å²) in [5.74, 6) is -0.720. The number of aryl methyl sites for hydroxylation is 1. The van der Waals surface area contributed by atoms with Crippen molar-refractivity contribution in [2.45, 2.75) is 6.92 Å². The van der Waals surface area contributed by atoms with Gasteiger partial charge in [-0.3, -0.25) is 0 Å². The van der Waals surface area contributed by atoms with E-state index < -0.39 is 11.9 Å². The molecule has 6 heteroatoms. The summed E-state index contributed by atoms with van der Waals surface area (Å²) in [4.78, 5) is 29.9. The Bertz CT molecular complexity index is 848. The Morgan fingerprint density at radius 2 is 2.04 bits per heavy atom. The minimum Gasteiger partial charge on any atom is -0.465 e. The molecule has 0 unspecified atom stereocenters. The number of carbonyl (C=O) groups is 2. The van der Waals surface area contributed by atoms with Gasteiger partial charge in [0.25, 0.3) is 0 Å². The summed E-state index contributed by atoms with van der Waals surface area (Å²) in [5, 5.41) is 0. The van der Waals surface area contributed by atoms with Crippen LogP contribution in [0.25, 0.3) is 6.08 Å². The Labute approximate surface area is 136 Å². The van der Waals surface area contributed by atoms with Gasteiger partial charge in [-0.1, -0.05) is 18.2 Å². The first-order chi connectivity index (χ1) is 11.1. The summed E-state index contributed by atoms with van der Waals surface area (Å²) in [6.07, 6.45) is 1.53. The lowest BCUT2D eigenvalue weighted by Crippen LogP contribution is -2.05. The number of hydrogen-bond donors (Lipinski definition) is 0. The molecular formula is C17H13NO4S. The number of esters is 2. The first kappa shape index (κ1) is 15.2. The van der Waals surface area contributed by atoms with Gasteiger partial charge in [-0.25, -0.2) is 14.6 Å². The van der Waals surface area contributed by atoms with Crippen molar-refractivity contribution < 1.29 is 19.1 Å². The van der Waals surface area contributed by atoms with Crippen molar-refractivity contribution in [1.82, 2.24) is 0 Å². The molecule has 0 radical (unpaired) electrons. The Balaban J connectivity index is 1.98. The quantitative estimate of drug-likeness (QED) is 0.641. The lowest BCUT2D eigenvalue weighted by Gasteiger charge is -2.03. The van der Waals surface area contributed by atoms with Gasteiger partial charge in [-0.15, -0.1) is 11.3 Å². The van der Waals surface area contributed by atoms with Crippen molar-refractivity contribution in [2.24, 2.45) is 4.99 Å². The molecule has 0 saturated heterocycles. The van der Waals surface area contributed by atoms with Crippen LogP contribution in [0.1, 0.15) is 25.7 Å². The van der Waals surface area contributed by atoms with E-state index in [1.165, 1.54) is 24.5 Å². The Hall–Kier alpha value is -2.73. The fourth-order valence-corrected chi connectivity index (χ4v) is 2.92. The van der Waals surface area contributed by atoms with E-state index in [-0.39, 0.29) is 11.6 Å². The lowest BCUT2D eigenvalue weighted by molar-refractivity contribution is -0.129. The maximum atomic E-state index is 12.0. The normalized spacial score (nSPS) is 15.5. The second-order valence-corrected chi connectivity index (χ2v) is 6.11. The summed E-state index contributed by atoms with van der Waals surface area (Å²) < 4.78 is 9.95. The lowest BCUT2D eigenvalue weighted by atomic mass is 10.1. The molecule has 116 valence electrons. The van der Waals surface area contributed by atoms with Crippen LogP contribution in [-0.2, 0) is 14.3 Å². The van der Waals surface area contributed by atoms with Crippen LogP contribution >= 0.6 is 11.3 Å². The number of hydrogen-bond acceptors (Lipinski definition) is 6. The molecule has 3 rings (SSSR count). The van der Waals surface area contributed by atoms with Crippen molar-refractivity contribution in [2.75, 3.05) is 7.11 Å². The minimum absolute atomic E-state index is 0.155. The molecule has 0 aliphatic carbocycles. The minimum atomic E-state index is -0.536. The average Bonchev–Trinajstić information content (AvgIpc) is 3.14. The Morgan fingerprint density at radius 3 is 2.74 bits per heavy atom. The molecule has 0 saturated carbocycles. The predicted molar refractivity (Wildman–Crippen MR) is 87.4 cm³/mol. The molecule has 1 aromatic heterocycles. The second-order valence-electron chi connectivity index (χ2n) is 4.83. The van der Waals surface area contributed by atoms with Gasteiger partial charge in [0.05, 0.1) is 17.6 Å². The maximum Gasteiger partial charge on any atom is 0.363 e. The third kappa shape index (κ3) is 3.07. The standard InChI is InChI=1S/C17H13NO4S/c1-10-7-8-14(23-10)15-18-13(17(20)22-15)9-11-5-3-4-6-12(11)16(19)21-2/h3-9H,1-2H3/b13-9-. The number of nitrogens with zero attached hydrogens (tertiary/aromatic N) is 1. The van der Waals surface area contributed by atoms with Crippen LogP contribution in [0.3, 0.4) is 0 Å². The van der Waals surface area contributed by atoms with Gasteiger partial charge < -0.3 is 9.47 Å². The van der Waals surface area contributed by atoms with E-state index >= 15 is 0 Å². The van der Waals surface area contributed by atoms with Crippen molar-refractivity contribution in [1.29, 1.82) is 0 Å². The molecule has 0 atom stereocenters. The highest BCUT2D eigenvalue weighted by molar-refractivity contribution is 7.14. The van der Waals surface area contributed by atoms with Crippen LogP contribution in [0, 0.1) is 6.92 Å². The molecule has 0 spiro atoms. The van der Waals surface area contributed by atoms with Crippen molar-refractivity contribution in [3.63, 3.8) is 0 Å². The topological polar surface area (TPSA) is 65.0 Å². The Kier molecular flexibility index (Phi) is 4.08. The molecule has 23 heavy (non-hydrogen) atoms. The van der Waals surface area contributed by atoms with Crippen molar-refractivity contribution in [3.05, 3.63) is 63.0 Å². The second kappa shape index (κ2) is 6.18. The van der Waals surface area contributed by atoms with Crippen LogP contribution in [0.15, 0.2) is 47.1 Å². The number of carbonyl (C=O) groups excluding carboxylic acids is 2. The molecule has 1 aliphatic heterocycles. The van der Waals surface area contributed by atoms with E-state index in [0.29, 0.717) is 11.1 Å². The summed E-state index contributed by atoms with van der Waals surface area (Å²) in [6, 6.07) is 10.6. The van der Waals surface area contributed by atoms with Crippen molar-refractivity contribution in [3.8, 4) is 0 Å². The maximum absolute atomic E-state index is 12.0. The molecule has 0 N–H and O–H groups in total. The van der Waals surface area contributed by atoms with E-state index in [1.807, 2.05) is 19.1 Å². The average molecular weight is 327 g/mol. The third-order valence-corrected chi connectivity index (χ3v) is 4.22. The smallest absolute Gasteiger partial charge is 0.363 e. The molecule has 0 bridgehead atoms. The van der Waals surface area contributed by atoms with Crippen LogP contribution in [0.5, 0.6) is 0 Å². The van der Waals surface area contributed by atoms with Crippen LogP contribution in [0.4, 0.5) is 0 Å². The van der Waals surface area contributed by atoms with E-state index in [9.17, 15) is 9.59 Å². The van der Waals surface area contributed by atoms with Gasteiger partial charge in [-0.05, 0) is 36.8 Å². The zero-order valence-corrected chi connectivity index (χ0v) is 13.3. The van der Waals surface area contributed by atoms with Crippen LogP contribution in [-0.4, -0.2) is 24.9 Å². The summed E-state index contributed by atoms with van der Waals surface area (Å²) in [5.41, 5.74) is 1.08. The summed E-state index contributed by atoms with van der Waals surface area (Å²) in [7, 11) is 1.31. The SMILES string of the molecule is COC(=O)c1ccccc1/C=C1\N=C(c2ccc(C)s2)OC1=O. The third-order valence-electron chi connectivity index (χ3n) is 3.23. The zero-order valence-electron chi connectivity index (χ0n) is 12.5. The molecule has 0 fully saturated rings. The number of rotatable bonds is 3. The van der Waals surface area contributed by atoms with E-state index in [4.69, 9.17) is 9.47 Å². The molecular weight excluding hydrogens is 314 g/mol. The summed E-state index contributed by atoms with van der Waals surface area (Å²) in [6.45, 7) is 1.97. The van der Waals surface area contributed by atoms with Gasteiger partial charge in [0, 0.05) is 4.88 Å². The largest absolute Gasteiger partial charge is 0.465 e. The number of ether oxygens (including phenoxy) is 2. The number of thiophene rings is 1. The van der Waals surface area contributed by atoms with Crippen LogP contribution in [0.2, 0.25) is 0 Å². The monoisotopic (exact) mass is 327 g/mol. The van der Waals surface area contributed by atoms with Crippen LogP contribution < -0.4 is 0 Å². The number of methoxy groups -OCH3 is 1. The van der Waals surface area contributed by atoms with E-state index in [0.717, 1.165) is 9.75 Å².